The van der Waals surface area contributed by atoms with Gasteiger partial charge in [0, 0.05) is 11.3 Å². The average molecular weight is 241 g/mol. The molecule has 0 unspecified atom stereocenters. The van der Waals surface area contributed by atoms with Gasteiger partial charge >= 0.3 is 0 Å². The van der Waals surface area contributed by atoms with Gasteiger partial charge in [-0.3, -0.25) is 0 Å². The van der Waals surface area contributed by atoms with Gasteiger partial charge in [-0.05, 0) is 38.1 Å². The van der Waals surface area contributed by atoms with Crippen molar-refractivity contribution in [3.63, 3.8) is 0 Å². The summed E-state index contributed by atoms with van der Waals surface area (Å²) in [5.74, 6) is 1.64. The van der Waals surface area contributed by atoms with Crippen LogP contribution in [0.4, 0.5) is 0 Å². The lowest BCUT2D eigenvalue weighted by atomic mass is 10.2. The van der Waals surface area contributed by atoms with Crippen molar-refractivity contribution < 1.29 is 4.74 Å². The predicted molar refractivity (Wildman–Crippen MR) is 69.2 cm³/mol. The number of H-pyrrole nitrogens is 1. The van der Waals surface area contributed by atoms with Crippen LogP contribution in [0.1, 0.15) is 18.3 Å². The van der Waals surface area contributed by atoms with Crippen LogP contribution in [0.2, 0.25) is 0 Å². The lowest BCUT2D eigenvalue weighted by molar-refractivity contribution is 0.340. The smallest absolute Gasteiger partial charge is 0.137 e. The molecular weight excluding hydrogens is 226 g/mol. The van der Waals surface area contributed by atoms with Crippen LogP contribution in [0.5, 0.6) is 5.75 Å². The van der Waals surface area contributed by atoms with Gasteiger partial charge in [-0.15, -0.1) is 0 Å². The number of hydrogen-bond donors (Lipinski definition) is 1. The van der Waals surface area contributed by atoms with Crippen molar-refractivity contribution in [2.45, 2.75) is 20.3 Å². The number of nitrogens with zero attached hydrogens (tertiary/aromatic N) is 2. The fourth-order valence-corrected chi connectivity index (χ4v) is 1.76. The summed E-state index contributed by atoms with van der Waals surface area (Å²) < 4.78 is 5.39. The number of nitriles is 1. The molecule has 0 aliphatic heterocycles. The number of aromatic amines is 1. The van der Waals surface area contributed by atoms with Crippen molar-refractivity contribution in [3.8, 4) is 23.2 Å². The number of benzene rings is 1. The van der Waals surface area contributed by atoms with Crippen molar-refractivity contribution in [3.05, 3.63) is 35.7 Å². The lowest BCUT2D eigenvalue weighted by Crippen LogP contribution is -1.90. The summed E-state index contributed by atoms with van der Waals surface area (Å²) >= 11 is 0. The highest BCUT2D eigenvalue weighted by Gasteiger charge is 2.08. The van der Waals surface area contributed by atoms with E-state index in [4.69, 9.17) is 10.00 Å². The average Bonchev–Trinajstić information content (AvgIpc) is 2.73. The number of imidazole rings is 1. The Morgan fingerprint density at radius 1 is 1.33 bits per heavy atom. The normalized spacial score (nSPS) is 10.1. The summed E-state index contributed by atoms with van der Waals surface area (Å²) in [5, 5.41) is 8.70. The third kappa shape index (κ3) is 2.51. The molecule has 0 fully saturated rings. The Hall–Kier alpha value is -2.28. The second-order valence-electron chi connectivity index (χ2n) is 3.95. The third-order valence-electron chi connectivity index (χ3n) is 2.67. The molecule has 0 saturated heterocycles. The molecule has 1 heterocycles. The molecule has 2 aromatic rings. The van der Waals surface area contributed by atoms with E-state index in [2.05, 4.69) is 16.0 Å². The van der Waals surface area contributed by atoms with E-state index in [0.29, 0.717) is 13.0 Å². The van der Waals surface area contributed by atoms with Gasteiger partial charge in [0.05, 0.1) is 24.8 Å². The largest absolute Gasteiger partial charge is 0.494 e. The van der Waals surface area contributed by atoms with Crippen molar-refractivity contribution in [2.75, 3.05) is 6.61 Å². The Balaban J connectivity index is 2.26. The molecule has 1 aromatic carbocycles. The predicted octanol–water partition coefficient (Wildman–Crippen LogP) is 2.85. The van der Waals surface area contributed by atoms with E-state index in [1.54, 1.807) is 0 Å². The molecule has 0 aliphatic rings. The Kier molecular flexibility index (Phi) is 3.63. The SMILES string of the molecule is CCOc1ccc(-c2nc(CC#N)c(C)[nH]2)cc1. The Bertz CT molecular complexity index is 564. The molecule has 0 aliphatic carbocycles. The molecular formula is C14H15N3O. The number of aromatic nitrogens is 2. The lowest BCUT2D eigenvalue weighted by Gasteiger charge is -2.03. The number of ether oxygens (including phenoxy) is 1. The first kappa shape index (κ1) is 12.2. The second kappa shape index (κ2) is 5.37. The molecule has 4 nitrogen and oxygen atoms in total. The highest BCUT2D eigenvalue weighted by Crippen LogP contribution is 2.21. The van der Waals surface area contributed by atoms with E-state index >= 15 is 0 Å². The monoisotopic (exact) mass is 241 g/mol. The zero-order valence-corrected chi connectivity index (χ0v) is 10.5. The van der Waals surface area contributed by atoms with Gasteiger partial charge in [0.25, 0.3) is 0 Å². The highest BCUT2D eigenvalue weighted by molar-refractivity contribution is 5.57. The number of aryl methyl sites for hydroxylation is 1. The summed E-state index contributed by atoms with van der Waals surface area (Å²) in [5.41, 5.74) is 2.74. The molecule has 0 atom stereocenters. The van der Waals surface area contributed by atoms with Gasteiger partial charge in [0.2, 0.25) is 0 Å². The first-order valence-corrected chi connectivity index (χ1v) is 5.90. The van der Waals surface area contributed by atoms with Crippen LogP contribution in [0.3, 0.4) is 0 Å². The summed E-state index contributed by atoms with van der Waals surface area (Å²) in [6.07, 6.45) is 0.333. The molecule has 1 aromatic heterocycles. The zero-order valence-electron chi connectivity index (χ0n) is 10.5. The van der Waals surface area contributed by atoms with Crippen molar-refractivity contribution in [2.24, 2.45) is 0 Å². The van der Waals surface area contributed by atoms with Gasteiger partial charge < -0.3 is 9.72 Å². The minimum Gasteiger partial charge on any atom is -0.494 e. The Morgan fingerprint density at radius 3 is 2.67 bits per heavy atom. The summed E-state index contributed by atoms with van der Waals surface area (Å²) in [6.45, 7) is 4.54. The van der Waals surface area contributed by atoms with E-state index in [1.807, 2.05) is 38.1 Å². The van der Waals surface area contributed by atoms with Gasteiger partial charge in [-0.25, -0.2) is 4.98 Å². The maximum absolute atomic E-state index is 8.70. The van der Waals surface area contributed by atoms with Crippen molar-refractivity contribution in [1.82, 2.24) is 9.97 Å². The van der Waals surface area contributed by atoms with Crippen LogP contribution < -0.4 is 4.74 Å². The van der Waals surface area contributed by atoms with E-state index in [0.717, 1.165) is 28.5 Å². The van der Waals surface area contributed by atoms with Crippen LogP contribution in [0.25, 0.3) is 11.4 Å². The van der Waals surface area contributed by atoms with Crippen LogP contribution in [-0.4, -0.2) is 16.6 Å². The summed E-state index contributed by atoms with van der Waals surface area (Å²) in [4.78, 5) is 7.62. The van der Waals surface area contributed by atoms with Crippen LogP contribution in [-0.2, 0) is 6.42 Å². The molecule has 0 spiro atoms. The Morgan fingerprint density at radius 2 is 2.06 bits per heavy atom. The molecule has 0 saturated carbocycles. The quantitative estimate of drug-likeness (QED) is 0.895. The third-order valence-corrected chi connectivity index (χ3v) is 2.67. The van der Waals surface area contributed by atoms with Gasteiger partial charge in [0.1, 0.15) is 11.6 Å². The van der Waals surface area contributed by atoms with Gasteiger partial charge in [-0.2, -0.15) is 5.26 Å². The summed E-state index contributed by atoms with van der Waals surface area (Å²) in [7, 11) is 0. The van der Waals surface area contributed by atoms with Gasteiger partial charge in [-0.1, -0.05) is 0 Å². The van der Waals surface area contributed by atoms with Crippen LogP contribution >= 0.6 is 0 Å². The first-order valence-electron chi connectivity index (χ1n) is 5.90. The van der Waals surface area contributed by atoms with E-state index < -0.39 is 0 Å². The molecule has 0 amide bonds. The fourth-order valence-electron chi connectivity index (χ4n) is 1.76. The molecule has 1 N–H and O–H groups in total. The minimum absolute atomic E-state index is 0.333. The highest BCUT2D eigenvalue weighted by atomic mass is 16.5. The summed E-state index contributed by atoms with van der Waals surface area (Å²) in [6, 6.07) is 9.86. The van der Waals surface area contributed by atoms with Gasteiger partial charge in [0.15, 0.2) is 0 Å². The maximum atomic E-state index is 8.70. The molecule has 0 radical (unpaired) electrons. The maximum Gasteiger partial charge on any atom is 0.137 e. The zero-order chi connectivity index (χ0) is 13.0. The molecule has 18 heavy (non-hydrogen) atoms. The van der Waals surface area contributed by atoms with E-state index in [1.165, 1.54) is 0 Å². The van der Waals surface area contributed by atoms with Crippen LogP contribution in [0.15, 0.2) is 24.3 Å². The molecule has 2 rings (SSSR count). The Labute approximate surface area is 106 Å². The molecule has 4 heteroatoms. The minimum atomic E-state index is 0.333. The number of nitrogens with one attached hydrogen (secondary N) is 1. The fraction of sp³-hybridized carbons (Fsp3) is 0.286. The van der Waals surface area contributed by atoms with Crippen LogP contribution in [0, 0.1) is 18.3 Å². The van der Waals surface area contributed by atoms with Crippen molar-refractivity contribution in [1.29, 1.82) is 5.26 Å². The van der Waals surface area contributed by atoms with E-state index in [-0.39, 0.29) is 0 Å². The van der Waals surface area contributed by atoms with E-state index in [9.17, 15) is 0 Å². The number of rotatable bonds is 4. The standard InChI is InChI=1S/C14H15N3O/c1-3-18-12-6-4-11(5-7-12)14-16-10(2)13(17-14)8-9-15/h4-7H,3,8H2,1-2H3,(H,16,17). The first-order chi connectivity index (χ1) is 8.74. The molecule has 0 bridgehead atoms. The second-order valence-corrected chi connectivity index (χ2v) is 3.95. The van der Waals surface area contributed by atoms with Crippen molar-refractivity contribution >= 4 is 0 Å². The number of hydrogen-bond acceptors (Lipinski definition) is 3. The topological polar surface area (TPSA) is 61.7 Å². The molecule has 92 valence electrons.